The lowest BCUT2D eigenvalue weighted by molar-refractivity contribution is -0.116. The Morgan fingerprint density at radius 1 is 1.35 bits per heavy atom. The Bertz CT molecular complexity index is 413. The summed E-state index contributed by atoms with van der Waals surface area (Å²) < 4.78 is 0. The van der Waals surface area contributed by atoms with Gasteiger partial charge in [0.1, 0.15) is 0 Å². The summed E-state index contributed by atoms with van der Waals surface area (Å²) in [5.74, 6) is -0.0816. The van der Waals surface area contributed by atoms with Gasteiger partial charge in [-0.05, 0) is 38.5 Å². The van der Waals surface area contributed by atoms with E-state index >= 15 is 0 Å². The third-order valence-corrected chi connectivity index (χ3v) is 2.94. The van der Waals surface area contributed by atoms with Crippen molar-refractivity contribution in [2.45, 2.75) is 32.2 Å². The maximum atomic E-state index is 11.6. The molecule has 0 saturated carbocycles. The Morgan fingerprint density at radius 2 is 2.00 bits per heavy atom. The van der Waals surface area contributed by atoms with Crippen molar-refractivity contribution in [1.29, 1.82) is 0 Å². The maximum absolute atomic E-state index is 11.6. The zero-order valence-corrected chi connectivity index (χ0v) is 11.4. The van der Waals surface area contributed by atoms with Gasteiger partial charge in [-0.25, -0.2) is 0 Å². The highest BCUT2D eigenvalue weighted by Crippen LogP contribution is 2.25. The molecule has 1 amide bonds. The molecule has 1 aromatic rings. The summed E-state index contributed by atoms with van der Waals surface area (Å²) >= 11 is 11.6. The van der Waals surface area contributed by atoms with E-state index in [9.17, 15) is 4.79 Å². The van der Waals surface area contributed by atoms with E-state index in [1.807, 2.05) is 13.8 Å². The third kappa shape index (κ3) is 5.39. The second-order valence-electron chi connectivity index (χ2n) is 4.67. The van der Waals surface area contributed by atoms with Crippen molar-refractivity contribution >= 4 is 34.8 Å². The first-order chi connectivity index (χ1) is 7.78. The van der Waals surface area contributed by atoms with E-state index in [1.165, 1.54) is 0 Å². The van der Waals surface area contributed by atoms with E-state index in [1.54, 1.807) is 18.2 Å². The fourth-order valence-electron chi connectivity index (χ4n) is 1.23. The van der Waals surface area contributed by atoms with Gasteiger partial charge in [0.05, 0.1) is 10.0 Å². The molecule has 3 N–H and O–H groups in total. The van der Waals surface area contributed by atoms with Crippen LogP contribution in [-0.4, -0.2) is 11.4 Å². The number of benzene rings is 1. The van der Waals surface area contributed by atoms with E-state index in [4.69, 9.17) is 28.9 Å². The summed E-state index contributed by atoms with van der Waals surface area (Å²) in [6.45, 7) is 3.78. The number of nitrogens with one attached hydrogen (secondary N) is 1. The molecular weight excluding hydrogens is 259 g/mol. The van der Waals surface area contributed by atoms with Gasteiger partial charge in [-0.3, -0.25) is 4.79 Å². The molecule has 0 radical (unpaired) electrons. The lowest BCUT2D eigenvalue weighted by Gasteiger charge is -2.17. The van der Waals surface area contributed by atoms with E-state index in [0.717, 1.165) is 0 Å². The van der Waals surface area contributed by atoms with E-state index < -0.39 is 0 Å². The van der Waals surface area contributed by atoms with Gasteiger partial charge in [0.2, 0.25) is 5.91 Å². The predicted molar refractivity (Wildman–Crippen MR) is 72.6 cm³/mol. The Kier molecular flexibility index (Phi) is 4.80. The van der Waals surface area contributed by atoms with Crippen LogP contribution in [-0.2, 0) is 4.79 Å². The van der Waals surface area contributed by atoms with Crippen LogP contribution in [0, 0.1) is 0 Å². The normalized spacial score (nSPS) is 11.4. The standard InChI is InChI=1S/C12H16Cl2N2O/c1-12(2,15)6-5-11(17)16-8-3-4-9(13)10(14)7-8/h3-4,7H,5-6,15H2,1-2H3,(H,16,17). The fourth-order valence-corrected chi connectivity index (χ4v) is 1.53. The van der Waals surface area contributed by atoms with Crippen molar-refractivity contribution in [3.05, 3.63) is 28.2 Å². The minimum atomic E-state index is -0.338. The second kappa shape index (κ2) is 5.71. The van der Waals surface area contributed by atoms with Crippen molar-refractivity contribution in [2.24, 2.45) is 5.73 Å². The van der Waals surface area contributed by atoms with Crippen molar-refractivity contribution in [3.63, 3.8) is 0 Å². The fraction of sp³-hybridized carbons (Fsp3) is 0.417. The van der Waals surface area contributed by atoms with Gasteiger partial charge < -0.3 is 11.1 Å². The van der Waals surface area contributed by atoms with Crippen molar-refractivity contribution < 1.29 is 4.79 Å². The molecule has 1 aromatic carbocycles. The second-order valence-corrected chi connectivity index (χ2v) is 5.48. The zero-order chi connectivity index (χ0) is 13.1. The largest absolute Gasteiger partial charge is 0.326 e. The molecular formula is C12H16Cl2N2O. The zero-order valence-electron chi connectivity index (χ0n) is 9.89. The molecule has 0 saturated heterocycles. The van der Waals surface area contributed by atoms with Crippen LogP contribution < -0.4 is 11.1 Å². The van der Waals surface area contributed by atoms with Crippen LogP contribution in [0.5, 0.6) is 0 Å². The van der Waals surface area contributed by atoms with Gasteiger partial charge in [0.15, 0.2) is 0 Å². The van der Waals surface area contributed by atoms with Crippen LogP contribution in [0.1, 0.15) is 26.7 Å². The first-order valence-corrected chi connectivity index (χ1v) is 6.07. The quantitative estimate of drug-likeness (QED) is 0.884. The molecule has 0 aliphatic heterocycles. The van der Waals surface area contributed by atoms with Crippen LogP contribution in [0.15, 0.2) is 18.2 Å². The van der Waals surface area contributed by atoms with Gasteiger partial charge in [-0.15, -0.1) is 0 Å². The average Bonchev–Trinajstić information content (AvgIpc) is 2.20. The highest BCUT2D eigenvalue weighted by Gasteiger charge is 2.13. The number of hydrogen-bond acceptors (Lipinski definition) is 2. The minimum Gasteiger partial charge on any atom is -0.326 e. The van der Waals surface area contributed by atoms with Crippen LogP contribution in [0.2, 0.25) is 10.0 Å². The maximum Gasteiger partial charge on any atom is 0.224 e. The minimum absolute atomic E-state index is 0.0816. The molecule has 0 spiro atoms. The molecule has 0 aliphatic carbocycles. The number of amides is 1. The summed E-state index contributed by atoms with van der Waals surface area (Å²) in [4.78, 5) is 11.6. The summed E-state index contributed by atoms with van der Waals surface area (Å²) in [5, 5.41) is 3.63. The molecule has 0 aliphatic rings. The molecule has 0 unspecified atom stereocenters. The Balaban J connectivity index is 2.54. The van der Waals surface area contributed by atoms with Gasteiger partial charge >= 0.3 is 0 Å². The van der Waals surface area contributed by atoms with Gasteiger partial charge in [-0.1, -0.05) is 23.2 Å². The highest BCUT2D eigenvalue weighted by atomic mass is 35.5. The average molecular weight is 275 g/mol. The van der Waals surface area contributed by atoms with Crippen LogP contribution in [0.4, 0.5) is 5.69 Å². The topological polar surface area (TPSA) is 55.1 Å². The number of halogens is 2. The third-order valence-electron chi connectivity index (χ3n) is 2.20. The number of nitrogens with two attached hydrogens (primary N) is 1. The summed E-state index contributed by atoms with van der Waals surface area (Å²) in [5.41, 5.74) is 6.10. The van der Waals surface area contributed by atoms with Crippen LogP contribution in [0.3, 0.4) is 0 Å². The molecule has 0 heterocycles. The van der Waals surface area contributed by atoms with Crippen molar-refractivity contribution in [1.82, 2.24) is 0 Å². The lowest BCUT2D eigenvalue weighted by atomic mass is 10.00. The van der Waals surface area contributed by atoms with E-state index in [-0.39, 0.29) is 11.4 Å². The molecule has 17 heavy (non-hydrogen) atoms. The first-order valence-electron chi connectivity index (χ1n) is 5.32. The summed E-state index contributed by atoms with van der Waals surface area (Å²) in [7, 11) is 0. The van der Waals surface area contributed by atoms with E-state index in [2.05, 4.69) is 5.32 Å². The van der Waals surface area contributed by atoms with Gasteiger partial charge in [0.25, 0.3) is 0 Å². The highest BCUT2D eigenvalue weighted by molar-refractivity contribution is 6.42. The molecule has 0 aromatic heterocycles. The van der Waals surface area contributed by atoms with Crippen molar-refractivity contribution in [3.8, 4) is 0 Å². The smallest absolute Gasteiger partial charge is 0.224 e. The number of rotatable bonds is 4. The Labute approximate surface area is 111 Å². The summed E-state index contributed by atoms with van der Waals surface area (Å²) in [6, 6.07) is 4.97. The molecule has 0 atom stereocenters. The Hall–Kier alpha value is -0.770. The number of carbonyl (C=O) groups is 1. The lowest BCUT2D eigenvalue weighted by Crippen LogP contribution is -2.33. The van der Waals surface area contributed by atoms with E-state index in [0.29, 0.717) is 28.6 Å². The molecule has 0 bridgehead atoms. The summed E-state index contributed by atoms with van der Waals surface area (Å²) in [6.07, 6.45) is 1.00. The molecule has 5 heteroatoms. The molecule has 1 rings (SSSR count). The monoisotopic (exact) mass is 274 g/mol. The van der Waals surface area contributed by atoms with Crippen LogP contribution in [0.25, 0.3) is 0 Å². The van der Waals surface area contributed by atoms with Crippen LogP contribution >= 0.6 is 23.2 Å². The number of carbonyl (C=O) groups excluding carboxylic acids is 1. The Morgan fingerprint density at radius 3 is 2.53 bits per heavy atom. The SMILES string of the molecule is CC(C)(N)CCC(=O)Nc1ccc(Cl)c(Cl)c1. The molecule has 94 valence electrons. The molecule has 3 nitrogen and oxygen atoms in total. The molecule has 0 fully saturated rings. The first kappa shape index (κ1) is 14.3. The van der Waals surface area contributed by atoms with Crippen molar-refractivity contribution in [2.75, 3.05) is 5.32 Å². The number of anilines is 1. The predicted octanol–water partition coefficient (Wildman–Crippen LogP) is 3.45. The van der Waals surface area contributed by atoms with Gasteiger partial charge in [0, 0.05) is 17.6 Å². The van der Waals surface area contributed by atoms with Gasteiger partial charge in [-0.2, -0.15) is 0 Å². The number of hydrogen-bond donors (Lipinski definition) is 2.